The third kappa shape index (κ3) is 2.73. The summed E-state index contributed by atoms with van der Waals surface area (Å²) in [6.07, 6.45) is 4.50. The molecule has 2 atom stereocenters. The SMILES string of the molecule is CCCSC1CC2(CCC1NC)OCCO2. The number of rotatable bonds is 4. The zero-order valence-corrected chi connectivity index (χ0v) is 11.1. The van der Waals surface area contributed by atoms with Crippen molar-refractivity contribution in [3.63, 3.8) is 0 Å². The van der Waals surface area contributed by atoms with Crippen LogP contribution < -0.4 is 5.32 Å². The average molecular weight is 245 g/mol. The van der Waals surface area contributed by atoms with Gasteiger partial charge in [-0.2, -0.15) is 11.8 Å². The molecule has 2 aliphatic rings. The lowest BCUT2D eigenvalue weighted by Crippen LogP contribution is -2.48. The van der Waals surface area contributed by atoms with Crippen LogP contribution in [0.3, 0.4) is 0 Å². The van der Waals surface area contributed by atoms with Crippen LogP contribution in [0.4, 0.5) is 0 Å². The second-order valence-corrected chi connectivity index (χ2v) is 6.00. The van der Waals surface area contributed by atoms with Gasteiger partial charge in [-0.15, -0.1) is 0 Å². The highest BCUT2D eigenvalue weighted by Crippen LogP contribution is 2.40. The van der Waals surface area contributed by atoms with Gasteiger partial charge in [0, 0.05) is 24.1 Å². The lowest BCUT2D eigenvalue weighted by Gasteiger charge is -2.40. The van der Waals surface area contributed by atoms with E-state index in [0.29, 0.717) is 11.3 Å². The van der Waals surface area contributed by atoms with Crippen molar-refractivity contribution in [2.45, 2.75) is 49.7 Å². The van der Waals surface area contributed by atoms with Gasteiger partial charge in [0.05, 0.1) is 13.2 Å². The van der Waals surface area contributed by atoms with Crippen molar-refractivity contribution in [1.82, 2.24) is 5.32 Å². The third-order valence-electron chi connectivity index (χ3n) is 3.52. The van der Waals surface area contributed by atoms with Crippen molar-refractivity contribution in [3.8, 4) is 0 Å². The molecule has 2 unspecified atom stereocenters. The summed E-state index contributed by atoms with van der Waals surface area (Å²) in [5, 5.41) is 4.07. The molecule has 0 bridgehead atoms. The van der Waals surface area contributed by atoms with Crippen LogP contribution in [0, 0.1) is 0 Å². The standard InChI is InChI=1S/C12H23NO2S/c1-3-8-16-11-9-12(14-6-7-15-12)5-4-10(11)13-2/h10-11,13H,3-9H2,1-2H3. The molecule has 1 N–H and O–H groups in total. The summed E-state index contributed by atoms with van der Waals surface area (Å²) in [6.45, 7) is 3.79. The van der Waals surface area contributed by atoms with Crippen molar-refractivity contribution < 1.29 is 9.47 Å². The van der Waals surface area contributed by atoms with Gasteiger partial charge < -0.3 is 14.8 Å². The Labute approximate surface area is 103 Å². The predicted molar refractivity (Wildman–Crippen MR) is 67.9 cm³/mol. The number of hydrogen-bond donors (Lipinski definition) is 1. The molecule has 16 heavy (non-hydrogen) atoms. The summed E-state index contributed by atoms with van der Waals surface area (Å²) < 4.78 is 11.6. The van der Waals surface area contributed by atoms with E-state index in [9.17, 15) is 0 Å². The fourth-order valence-corrected chi connectivity index (χ4v) is 4.06. The molecule has 1 heterocycles. The van der Waals surface area contributed by atoms with Gasteiger partial charge in [0.1, 0.15) is 0 Å². The van der Waals surface area contributed by atoms with Crippen LogP contribution in [0.15, 0.2) is 0 Å². The minimum atomic E-state index is -0.237. The fourth-order valence-electron chi connectivity index (χ4n) is 2.65. The second-order valence-electron chi connectivity index (χ2n) is 4.65. The van der Waals surface area contributed by atoms with Crippen molar-refractivity contribution in [3.05, 3.63) is 0 Å². The average Bonchev–Trinajstić information content (AvgIpc) is 2.75. The van der Waals surface area contributed by atoms with Gasteiger partial charge in [0.2, 0.25) is 0 Å². The molecule has 0 aromatic heterocycles. The van der Waals surface area contributed by atoms with Gasteiger partial charge in [-0.1, -0.05) is 6.92 Å². The zero-order valence-electron chi connectivity index (χ0n) is 10.3. The van der Waals surface area contributed by atoms with Crippen molar-refractivity contribution in [2.24, 2.45) is 0 Å². The molecule has 2 rings (SSSR count). The summed E-state index contributed by atoms with van der Waals surface area (Å²) in [5.41, 5.74) is 0. The summed E-state index contributed by atoms with van der Waals surface area (Å²) in [4.78, 5) is 0. The Kier molecular flexibility index (Phi) is 4.53. The molecule has 0 aromatic rings. The molecule has 0 amide bonds. The van der Waals surface area contributed by atoms with Crippen molar-refractivity contribution in [2.75, 3.05) is 26.0 Å². The molecule has 1 saturated carbocycles. The first-order valence-corrected chi connectivity index (χ1v) is 7.41. The number of ether oxygens (including phenoxy) is 2. The van der Waals surface area contributed by atoms with E-state index >= 15 is 0 Å². The number of nitrogens with one attached hydrogen (secondary N) is 1. The van der Waals surface area contributed by atoms with Gasteiger partial charge in [-0.3, -0.25) is 0 Å². The monoisotopic (exact) mass is 245 g/mol. The van der Waals surface area contributed by atoms with Gasteiger partial charge in [-0.25, -0.2) is 0 Å². The Morgan fingerprint density at radius 2 is 2.12 bits per heavy atom. The third-order valence-corrected chi connectivity index (χ3v) is 5.08. The van der Waals surface area contributed by atoms with Gasteiger partial charge >= 0.3 is 0 Å². The highest BCUT2D eigenvalue weighted by Gasteiger charge is 2.44. The lowest BCUT2D eigenvalue weighted by molar-refractivity contribution is -0.177. The van der Waals surface area contributed by atoms with E-state index in [4.69, 9.17) is 9.47 Å². The quantitative estimate of drug-likeness (QED) is 0.821. The Bertz CT molecular complexity index is 219. The minimum absolute atomic E-state index is 0.237. The lowest BCUT2D eigenvalue weighted by atomic mass is 9.89. The molecule has 1 spiro atoms. The molecular weight excluding hydrogens is 222 g/mol. The molecule has 4 heteroatoms. The molecule has 3 nitrogen and oxygen atoms in total. The van der Waals surface area contributed by atoms with E-state index in [1.54, 1.807) is 0 Å². The molecule has 1 saturated heterocycles. The highest BCUT2D eigenvalue weighted by molar-refractivity contribution is 7.99. The highest BCUT2D eigenvalue weighted by atomic mass is 32.2. The van der Waals surface area contributed by atoms with Crippen LogP contribution in [0.5, 0.6) is 0 Å². The molecule has 2 fully saturated rings. The topological polar surface area (TPSA) is 30.5 Å². The van der Waals surface area contributed by atoms with E-state index in [1.165, 1.54) is 12.2 Å². The van der Waals surface area contributed by atoms with E-state index in [1.807, 2.05) is 0 Å². The van der Waals surface area contributed by atoms with Gasteiger partial charge in [0.15, 0.2) is 5.79 Å². The minimum Gasteiger partial charge on any atom is -0.347 e. The van der Waals surface area contributed by atoms with E-state index in [0.717, 1.165) is 32.5 Å². The Morgan fingerprint density at radius 3 is 2.75 bits per heavy atom. The van der Waals surface area contributed by atoms with Crippen LogP contribution in [0.2, 0.25) is 0 Å². The van der Waals surface area contributed by atoms with Crippen LogP contribution in [0.1, 0.15) is 32.6 Å². The molecule has 0 aromatic carbocycles. The largest absolute Gasteiger partial charge is 0.347 e. The van der Waals surface area contributed by atoms with Gasteiger partial charge in [0.25, 0.3) is 0 Å². The van der Waals surface area contributed by atoms with Crippen molar-refractivity contribution >= 4 is 11.8 Å². The van der Waals surface area contributed by atoms with Crippen LogP contribution in [-0.2, 0) is 9.47 Å². The van der Waals surface area contributed by atoms with Crippen LogP contribution >= 0.6 is 11.8 Å². The first-order valence-electron chi connectivity index (χ1n) is 6.36. The maximum atomic E-state index is 5.82. The van der Waals surface area contributed by atoms with Crippen LogP contribution in [0.25, 0.3) is 0 Å². The Morgan fingerprint density at radius 1 is 1.38 bits per heavy atom. The van der Waals surface area contributed by atoms with E-state index in [-0.39, 0.29) is 5.79 Å². The van der Waals surface area contributed by atoms with E-state index < -0.39 is 0 Å². The summed E-state index contributed by atoms with van der Waals surface area (Å²) in [7, 11) is 2.07. The summed E-state index contributed by atoms with van der Waals surface area (Å²) in [5.74, 6) is 0.998. The number of hydrogen-bond acceptors (Lipinski definition) is 4. The van der Waals surface area contributed by atoms with Crippen molar-refractivity contribution in [1.29, 1.82) is 0 Å². The summed E-state index contributed by atoms with van der Waals surface area (Å²) in [6, 6.07) is 0.620. The molecule has 0 radical (unpaired) electrons. The van der Waals surface area contributed by atoms with Crippen LogP contribution in [-0.4, -0.2) is 43.1 Å². The van der Waals surface area contributed by atoms with E-state index in [2.05, 4.69) is 31.1 Å². The maximum Gasteiger partial charge on any atom is 0.169 e. The molecule has 1 aliphatic heterocycles. The molecular formula is C12H23NO2S. The normalized spacial score (nSPS) is 33.4. The number of thioether (sulfide) groups is 1. The maximum absolute atomic E-state index is 5.82. The predicted octanol–water partition coefficient (Wildman–Crippen LogP) is 2.01. The second kappa shape index (κ2) is 5.71. The smallest absolute Gasteiger partial charge is 0.169 e. The zero-order chi connectivity index (χ0) is 11.4. The molecule has 94 valence electrons. The summed E-state index contributed by atoms with van der Waals surface area (Å²) >= 11 is 2.07. The Balaban J connectivity index is 1.94. The Hall–Kier alpha value is 0.230. The van der Waals surface area contributed by atoms with Gasteiger partial charge in [-0.05, 0) is 25.6 Å². The molecule has 1 aliphatic carbocycles. The fraction of sp³-hybridized carbons (Fsp3) is 1.00. The first-order chi connectivity index (χ1) is 7.79. The first kappa shape index (κ1) is 12.7.